The fourth-order valence-electron chi connectivity index (χ4n) is 4.08. The molecule has 1 aliphatic heterocycles. The summed E-state index contributed by atoms with van der Waals surface area (Å²) >= 11 is 1.43. The molecule has 0 unspecified atom stereocenters. The van der Waals surface area contributed by atoms with Gasteiger partial charge in [-0.25, -0.2) is 9.97 Å². The van der Waals surface area contributed by atoms with Crippen molar-refractivity contribution in [2.45, 2.75) is 39.2 Å². The van der Waals surface area contributed by atoms with Crippen LogP contribution in [-0.4, -0.2) is 33.2 Å². The second-order valence-corrected chi connectivity index (χ2v) is 9.07. The van der Waals surface area contributed by atoms with Gasteiger partial charge in [-0.05, 0) is 54.5 Å². The van der Waals surface area contributed by atoms with Crippen LogP contribution in [0.1, 0.15) is 43.9 Å². The van der Waals surface area contributed by atoms with Crippen molar-refractivity contribution < 1.29 is 9.59 Å². The first-order valence-electron chi connectivity index (χ1n) is 10.4. The Kier molecular flexibility index (Phi) is 5.77. The monoisotopic (exact) mass is 438 g/mol. The lowest BCUT2D eigenvalue weighted by Gasteiger charge is -2.38. The van der Waals surface area contributed by atoms with E-state index in [9.17, 15) is 9.59 Å². The largest absolute Gasteiger partial charge is 0.383 e. The summed E-state index contributed by atoms with van der Waals surface area (Å²) in [5.74, 6) is -0.484. The van der Waals surface area contributed by atoms with Gasteiger partial charge in [0.05, 0.1) is 28.1 Å². The molecule has 3 aromatic rings. The van der Waals surface area contributed by atoms with Crippen LogP contribution in [0.3, 0.4) is 0 Å². The molecule has 0 bridgehead atoms. The number of hydrogen-bond acceptors (Lipinski definition) is 7. The lowest BCUT2D eigenvalue weighted by atomic mass is 9.89. The first-order chi connectivity index (χ1) is 14.9. The number of aryl methyl sites for hydroxylation is 1. The fraction of sp³-hybridized carbons (Fsp3) is 0.364. The smallest absolute Gasteiger partial charge is 0.313 e. The quantitative estimate of drug-likeness (QED) is 0.538. The number of rotatable bonds is 3. The zero-order chi connectivity index (χ0) is 22.1. The van der Waals surface area contributed by atoms with E-state index in [1.165, 1.54) is 17.5 Å². The molecule has 1 saturated heterocycles. The number of nitrogens with two attached hydrogens (primary N) is 2. The van der Waals surface area contributed by atoms with E-state index >= 15 is 0 Å². The number of hydrogen-bond donors (Lipinski definition) is 3. The van der Waals surface area contributed by atoms with Gasteiger partial charge >= 0.3 is 11.8 Å². The molecule has 2 aromatic heterocycles. The number of carbonyl (C=O) groups is 2. The molecule has 1 fully saturated rings. The van der Waals surface area contributed by atoms with E-state index in [1.807, 2.05) is 25.1 Å². The number of nitrogens with one attached hydrogen (secondary N) is 1. The first kappa shape index (κ1) is 21.0. The summed E-state index contributed by atoms with van der Waals surface area (Å²) in [4.78, 5) is 36.1. The number of nitrogen functional groups attached to an aromatic ring is 2. The summed E-state index contributed by atoms with van der Waals surface area (Å²) in [7, 11) is 0. The van der Waals surface area contributed by atoms with Gasteiger partial charge in [-0.15, -0.1) is 0 Å². The van der Waals surface area contributed by atoms with E-state index in [4.69, 9.17) is 11.5 Å². The summed E-state index contributed by atoms with van der Waals surface area (Å²) in [6, 6.07) is 7.52. The number of pyridine rings is 1. The number of nitrogens with zero attached hydrogens (tertiary/aromatic N) is 3. The molecular weight excluding hydrogens is 412 g/mol. The van der Waals surface area contributed by atoms with Crippen molar-refractivity contribution in [2.24, 2.45) is 5.92 Å². The predicted molar refractivity (Wildman–Crippen MR) is 124 cm³/mol. The van der Waals surface area contributed by atoms with Crippen molar-refractivity contribution in [1.29, 1.82) is 0 Å². The lowest BCUT2D eigenvalue weighted by Crippen LogP contribution is -2.46. The fourth-order valence-corrected chi connectivity index (χ4v) is 4.80. The van der Waals surface area contributed by atoms with E-state index in [1.54, 1.807) is 11.0 Å². The second kappa shape index (κ2) is 8.50. The summed E-state index contributed by atoms with van der Waals surface area (Å²) in [5, 5.41) is 3.20. The third kappa shape index (κ3) is 4.32. The van der Waals surface area contributed by atoms with E-state index < -0.39 is 11.8 Å². The minimum atomic E-state index is -0.674. The Bertz CT molecular complexity index is 1140. The van der Waals surface area contributed by atoms with Crippen LogP contribution in [0, 0.1) is 5.92 Å². The standard InChI is InChI=1S/C22H26N6O2S/c1-3-13-8-15(10-25-19(13)23)26-20(29)21(30)28-11-12(2)4-6-17(28)14-5-7-18-16(9-14)27-22(24)31-18/h5,7-10,12,17H,3-4,6,11H2,1-2H3,(H2,23,25)(H2,24,27)(H,26,29)/t12-,17+/m0/s1. The molecule has 0 aliphatic carbocycles. The van der Waals surface area contributed by atoms with Gasteiger partial charge in [0, 0.05) is 6.54 Å². The highest BCUT2D eigenvalue weighted by atomic mass is 32.1. The minimum absolute atomic E-state index is 0.183. The average molecular weight is 439 g/mol. The first-order valence-corrected chi connectivity index (χ1v) is 11.2. The summed E-state index contributed by atoms with van der Waals surface area (Å²) < 4.78 is 1.00. The Morgan fingerprint density at radius 2 is 2.06 bits per heavy atom. The number of carbonyl (C=O) groups excluding carboxylic acids is 2. The molecule has 0 saturated carbocycles. The van der Waals surface area contributed by atoms with E-state index in [2.05, 4.69) is 22.2 Å². The lowest BCUT2D eigenvalue weighted by molar-refractivity contribution is -0.146. The normalized spacial score (nSPS) is 18.8. The third-order valence-electron chi connectivity index (χ3n) is 5.73. The summed E-state index contributed by atoms with van der Waals surface area (Å²) in [6.45, 7) is 4.57. The van der Waals surface area contributed by atoms with Crippen molar-refractivity contribution in [3.8, 4) is 0 Å². The van der Waals surface area contributed by atoms with Gasteiger partial charge < -0.3 is 21.7 Å². The molecule has 4 rings (SSSR count). The molecule has 0 spiro atoms. The maximum absolute atomic E-state index is 13.2. The second-order valence-electron chi connectivity index (χ2n) is 8.01. The number of anilines is 3. The number of likely N-dealkylation sites (tertiary alicyclic amines) is 1. The molecule has 0 radical (unpaired) electrons. The van der Waals surface area contributed by atoms with Crippen LogP contribution in [0.15, 0.2) is 30.5 Å². The molecule has 31 heavy (non-hydrogen) atoms. The van der Waals surface area contributed by atoms with Crippen molar-refractivity contribution >= 4 is 50.0 Å². The topological polar surface area (TPSA) is 127 Å². The van der Waals surface area contributed by atoms with E-state index in [-0.39, 0.29) is 6.04 Å². The minimum Gasteiger partial charge on any atom is -0.383 e. The molecule has 3 heterocycles. The van der Waals surface area contributed by atoms with Gasteiger partial charge in [-0.3, -0.25) is 9.59 Å². The predicted octanol–water partition coefficient (Wildman–Crippen LogP) is 3.36. The van der Waals surface area contributed by atoms with Crippen LogP contribution in [0.25, 0.3) is 10.2 Å². The number of thiazole rings is 1. The maximum Gasteiger partial charge on any atom is 0.313 e. The Labute approximate surface area is 184 Å². The molecule has 162 valence electrons. The zero-order valence-corrected chi connectivity index (χ0v) is 18.4. The van der Waals surface area contributed by atoms with Gasteiger partial charge in [0.15, 0.2) is 5.13 Å². The van der Waals surface area contributed by atoms with Gasteiger partial charge in [-0.1, -0.05) is 31.3 Å². The highest BCUT2D eigenvalue weighted by molar-refractivity contribution is 7.22. The van der Waals surface area contributed by atoms with E-state index in [0.29, 0.717) is 35.5 Å². The Balaban J connectivity index is 1.57. The number of piperidine rings is 1. The SMILES string of the molecule is CCc1cc(NC(=O)C(=O)N2C[C@@H](C)CC[C@@H]2c2ccc3sc(N)nc3c2)cnc1N. The number of amides is 2. The molecule has 1 aromatic carbocycles. The maximum atomic E-state index is 13.2. The number of benzene rings is 1. The molecule has 1 aliphatic rings. The molecule has 5 N–H and O–H groups in total. The van der Waals surface area contributed by atoms with Gasteiger partial charge in [0.1, 0.15) is 5.82 Å². The van der Waals surface area contributed by atoms with Gasteiger partial charge in [0.25, 0.3) is 0 Å². The van der Waals surface area contributed by atoms with Crippen LogP contribution in [0.2, 0.25) is 0 Å². The summed E-state index contributed by atoms with van der Waals surface area (Å²) in [6.07, 6.45) is 3.92. The molecular formula is C22H26N6O2S. The van der Waals surface area contributed by atoms with Crippen LogP contribution < -0.4 is 16.8 Å². The third-order valence-corrected chi connectivity index (χ3v) is 6.59. The number of fused-ring (bicyclic) bond motifs is 1. The van der Waals surface area contributed by atoms with Crippen LogP contribution in [-0.2, 0) is 16.0 Å². The van der Waals surface area contributed by atoms with Gasteiger partial charge in [0.2, 0.25) is 0 Å². The molecule has 8 nitrogen and oxygen atoms in total. The zero-order valence-electron chi connectivity index (χ0n) is 17.6. The van der Waals surface area contributed by atoms with Crippen LogP contribution >= 0.6 is 11.3 Å². The molecule has 9 heteroatoms. The summed E-state index contributed by atoms with van der Waals surface area (Å²) in [5.41, 5.74) is 14.7. The van der Waals surface area contributed by atoms with Crippen LogP contribution in [0.4, 0.5) is 16.6 Å². The highest BCUT2D eigenvalue weighted by Gasteiger charge is 2.34. The van der Waals surface area contributed by atoms with Gasteiger partial charge in [-0.2, -0.15) is 0 Å². The number of aromatic nitrogens is 2. The Morgan fingerprint density at radius 3 is 2.84 bits per heavy atom. The highest BCUT2D eigenvalue weighted by Crippen LogP contribution is 2.36. The average Bonchev–Trinajstić information content (AvgIpc) is 3.13. The van der Waals surface area contributed by atoms with Crippen LogP contribution in [0.5, 0.6) is 0 Å². The Morgan fingerprint density at radius 1 is 1.26 bits per heavy atom. The van der Waals surface area contributed by atoms with Crippen molar-refractivity contribution in [3.05, 3.63) is 41.6 Å². The van der Waals surface area contributed by atoms with Crippen molar-refractivity contribution in [2.75, 3.05) is 23.3 Å². The molecule has 2 amide bonds. The molecule has 2 atom stereocenters. The van der Waals surface area contributed by atoms with Crippen molar-refractivity contribution in [1.82, 2.24) is 14.9 Å². The Hall–Kier alpha value is -3.20. The van der Waals surface area contributed by atoms with E-state index in [0.717, 1.165) is 34.2 Å². The van der Waals surface area contributed by atoms with Crippen molar-refractivity contribution in [3.63, 3.8) is 0 Å².